The highest BCUT2D eigenvalue weighted by Crippen LogP contribution is 2.27. The maximum absolute atomic E-state index is 5.78. The number of hydrogen-bond acceptors (Lipinski definition) is 2. The Morgan fingerprint density at radius 2 is 2.13 bits per heavy atom. The van der Waals surface area contributed by atoms with Crippen molar-refractivity contribution in [3.8, 4) is 0 Å². The van der Waals surface area contributed by atoms with Gasteiger partial charge in [0.1, 0.15) is 0 Å². The van der Waals surface area contributed by atoms with Crippen molar-refractivity contribution in [2.75, 3.05) is 5.73 Å². The van der Waals surface area contributed by atoms with E-state index in [0.29, 0.717) is 11.7 Å². The molecular weight excluding hydrogens is 186 g/mol. The third-order valence-corrected chi connectivity index (χ3v) is 2.86. The second kappa shape index (κ2) is 3.57. The van der Waals surface area contributed by atoms with Crippen molar-refractivity contribution >= 4 is 16.7 Å². The summed E-state index contributed by atoms with van der Waals surface area (Å²) in [5.74, 6) is 1.13. The Morgan fingerprint density at radius 3 is 2.73 bits per heavy atom. The smallest absolute Gasteiger partial charge is 0.153 e. The summed E-state index contributed by atoms with van der Waals surface area (Å²) >= 11 is 0. The first-order chi connectivity index (χ1) is 7.13. The highest BCUT2D eigenvalue weighted by atomic mass is 15.1. The van der Waals surface area contributed by atoms with Gasteiger partial charge < -0.3 is 5.73 Å². The molecule has 0 amide bonds. The van der Waals surface area contributed by atoms with Crippen molar-refractivity contribution in [3.63, 3.8) is 0 Å². The number of nitrogens with one attached hydrogen (secondary N) is 1. The van der Waals surface area contributed by atoms with E-state index in [1.54, 1.807) is 0 Å². The van der Waals surface area contributed by atoms with Gasteiger partial charge in [0.15, 0.2) is 5.82 Å². The molecule has 1 heterocycles. The number of anilines is 1. The van der Waals surface area contributed by atoms with E-state index in [1.807, 2.05) is 0 Å². The quantitative estimate of drug-likeness (QED) is 0.788. The molecule has 3 N–H and O–H groups in total. The summed E-state index contributed by atoms with van der Waals surface area (Å²) in [5.41, 5.74) is 9.57. The molecule has 0 bridgehead atoms. The van der Waals surface area contributed by atoms with Crippen LogP contribution in [-0.2, 0) is 6.42 Å². The molecule has 0 saturated heterocycles. The second-order valence-corrected chi connectivity index (χ2v) is 4.21. The number of aromatic nitrogens is 2. The minimum absolute atomic E-state index is 0.536. The zero-order chi connectivity index (χ0) is 11.0. The van der Waals surface area contributed by atoms with E-state index < -0.39 is 0 Å². The van der Waals surface area contributed by atoms with E-state index in [1.165, 1.54) is 11.1 Å². The molecule has 0 radical (unpaired) electrons. The van der Waals surface area contributed by atoms with Crippen molar-refractivity contribution in [1.29, 1.82) is 0 Å². The summed E-state index contributed by atoms with van der Waals surface area (Å²) in [6.07, 6.45) is 1.04. The molecule has 0 aliphatic carbocycles. The number of nitrogens with zero attached hydrogens (tertiary/aromatic N) is 1. The first kappa shape index (κ1) is 10.0. The first-order valence-electron chi connectivity index (χ1n) is 5.39. The maximum atomic E-state index is 5.78. The van der Waals surface area contributed by atoms with Gasteiger partial charge >= 0.3 is 0 Å². The third kappa shape index (κ3) is 1.58. The van der Waals surface area contributed by atoms with Crippen LogP contribution >= 0.6 is 0 Å². The average Bonchev–Trinajstić information content (AvgIpc) is 2.58. The Hall–Kier alpha value is -1.51. The Labute approximate surface area is 89.7 Å². The SMILES string of the molecule is CCc1cc2c(N)n[nH]c2cc1C(C)C. The minimum Gasteiger partial charge on any atom is -0.382 e. The summed E-state index contributed by atoms with van der Waals surface area (Å²) in [6, 6.07) is 4.33. The molecule has 0 fully saturated rings. The van der Waals surface area contributed by atoms with Crippen LogP contribution in [0.3, 0.4) is 0 Å². The lowest BCUT2D eigenvalue weighted by molar-refractivity contribution is 0.846. The molecular formula is C12H17N3. The van der Waals surface area contributed by atoms with Crippen molar-refractivity contribution < 1.29 is 0 Å². The lowest BCUT2D eigenvalue weighted by atomic mass is 9.94. The fourth-order valence-electron chi connectivity index (χ4n) is 1.99. The fraction of sp³-hybridized carbons (Fsp3) is 0.417. The number of aryl methyl sites for hydroxylation is 1. The van der Waals surface area contributed by atoms with Gasteiger partial charge in [-0.3, -0.25) is 5.10 Å². The van der Waals surface area contributed by atoms with Gasteiger partial charge in [0.2, 0.25) is 0 Å². The Bertz CT molecular complexity index is 483. The predicted molar refractivity (Wildman–Crippen MR) is 64.0 cm³/mol. The van der Waals surface area contributed by atoms with Crippen LogP contribution in [0.1, 0.15) is 37.8 Å². The van der Waals surface area contributed by atoms with Gasteiger partial charge in [0.05, 0.1) is 5.52 Å². The van der Waals surface area contributed by atoms with Crippen molar-refractivity contribution in [3.05, 3.63) is 23.3 Å². The lowest BCUT2D eigenvalue weighted by Gasteiger charge is -2.11. The molecule has 15 heavy (non-hydrogen) atoms. The lowest BCUT2D eigenvalue weighted by Crippen LogP contribution is -1.95. The van der Waals surface area contributed by atoms with E-state index in [2.05, 4.69) is 43.1 Å². The summed E-state index contributed by atoms with van der Waals surface area (Å²) < 4.78 is 0. The molecule has 1 aromatic carbocycles. The molecule has 2 aromatic rings. The Kier molecular flexibility index (Phi) is 2.39. The number of rotatable bonds is 2. The molecule has 2 rings (SSSR count). The largest absolute Gasteiger partial charge is 0.382 e. The van der Waals surface area contributed by atoms with Gasteiger partial charge in [-0.25, -0.2) is 0 Å². The number of benzene rings is 1. The van der Waals surface area contributed by atoms with Crippen LogP contribution in [-0.4, -0.2) is 10.2 Å². The van der Waals surface area contributed by atoms with Crippen LogP contribution in [0, 0.1) is 0 Å². The van der Waals surface area contributed by atoms with Crippen molar-refractivity contribution in [1.82, 2.24) is 10.2 Å². The summed E-state index contributed by atoms with van der Waals surface area (Å²) in [6.45, 7) is 6.59. The second-order valence-electron chi connectivity index (χ2n) is 4.21. The van der Waals surface area contributed by atoms with Gasteiger partial charge in [-0.05, 0) is 35.6 Å². The number of nitrogens with two attached hydrogens (primary N) is 1. The molecule has 3 heteroatoms. The van der Waals surface area contributed by atoms with E-state index in [4.69, 9.17) is 5.73 Å². The fourth-order valence-corrected chi connectivity index (χ4v) is 1.99. The van der Waals surface area contributed by atoms with Crippen LogP contribution < -0.4 is 5.73 Å². The van der Waals surface area contributed by atoms with Gasteiger partial charge in [0.25, 0.3) is 0 Å². The number of hydrogen-bond donors (Lipinski definition) is 2. The zero-order valence-corrected chi connectivity index (χ0v) is 9.46. The van der Waals surface area contributed by atoms with E-state index in [9.17, 15) is 0 Å². The normalized spacial score (nSPS) is 11.5. The van der Waals surface area contributed by atoms with Crippen molar-refractivity contribution in [2.24, 2.45) is 0 Å². The zero-order valence-electron chi connectivity index (χ0n) is 9.46. The average molecular weight is 203 g/mol. The standard InChI is InChI=1S/C12H17N3/c1-4-8-5-10-11(14-15-12(10)13)6-9(8)7(2)3/h5-7H,4H2,1-3H3,(H3,13,14,15). The topological polar surface area (TPSA) is 54.7 Å². The molecule has 3 nitrogen and oxygen atoms in total. The van der Waals surface area contributed by atoms with Crippen LogP contribution in [0.15, 0.2) is 12.1 Å². The van der Waals surface area contributed by atoms with Gasteiger partial charge in [-0.2, -0.15) is 5.10 Å². The minimum atomic E-state index is 0.536. The predicted octanol–water partition coefficient (Wildman–Crippen LogP) is 2.83. The van der Waals surface area contributed by atoms with Crippen LogP contribution in [0.25, 0.3) is 10.9 Å². The molecule has 0 aliphatic heterocycles. The van der Waals surface area contributed by atoms with Gasteiger partial charge in [-0.15, -0.1) is 0 Å². The molecule has 0 spiro atoms. The number of aromatic amines is 1. The Morgan fingerprint density at radius 1 is 1.40 bits per heavy atom. The van der Waals surface area contributed by atoms with Gasteiger partial charge in [0, 0.05) is 5.39 Å². The first-order valence-corrected chi connectivity index (χ1v) is 5.39. The highest BCUT2D eigenvalue weighted by Gasteiger charge is 2.10. The number of nitrogen functional groups attached to an aromatic ring is 1. The summed E-state index contributed by atoms with van der Waals surface area (Å²) in [7, 11) is 0. The number of H-pyrrole nitrogens is 1. The monoisotopic (exact) mass is 203 g/mol. The van der Waals surface area contributed by atoms with Crippen LogP contribution in [0.2, 0.25) is 0 Å². The third-order valence-electron chi connectivity index (χ3n) is 2.86. The summed E-state index contributed by atoms with van der Waals surface area (Å²) in [5, 5.41) is 8.02. The molecule has 0 saturated carbocycles. The molecule has 80 valence electrons. The molecule has 0 aliphatic rings. The van der Waals surface area contributed by atoms with E-state index in [0.717, 1.165) is 17.3 Å². The van der Waals surface area contributed by atoms with E-state index >= 15 is 0 Å². The van der Waals surface area contributed by atoms with Crippen LogP contribution in [0.5, 0.6) is 0 Å². The Balaban J connectivity index is 2.71. The maximum Gasteiger partial charge on any atom is 0.153 e. The highest BCUT2D eigenvalue weighted by molar-refractivity contribution is 5.89. The van der Waals surface area contributed by atoms with Gasteiger partial charge in [-0.1, -0.05) is 20.8 Å². The van der Waals surface area contributed by atoms with Crippen LogP contribution in [0.4, 0.5) is 5.82 Å². The number of fused-ring (bicyclic) bond motifs is 1. The molecule has 1 aromatic heterocycles. The molecule has 0 atom stereocenters. The summed E-state index contributed by atoms with van der Waals surface area (Å²) in [4.78, 5) is 0. The molecule has 0 unspecified atom stereocenters. The van der Waals surface area contributed by atoms with E-state index in [-0.39, 0.29) is 0 Å². The van der Waals surface area contributed by atoms with Crippen molar-refractivity contribution in [2.45, 2.75) is 33.1 Å².